The predicted octanol–water partition coefficient (Wildman–Crippen LogP) is 2.71. The van der Waals surface area contributed by atoms with Gasteiger partial charge in [-0.3, -0.25) is 4.90 Å². The van der Waals surface area contributed by atoms with Crippen LogP contribution in [0.15, 0.2) is 24.3 Å². The van der Waals surface area contributed by atoms with Crippen molar-refractivity contribution in [2.45, 2.75) is 32.7 Å². The Kier molecular flexibility index (Phi) is 2.32. The molecule has 0 aliphatic carbocycles. The zero-order chi connectivity index (χ0) is 9.26. The Morgan fingerprint density at radius 3 is 2.31 bits per heavy atom. The molecule has 1 nitrogen and oxygen atoms in total. The Bertz CT molecular complexity index is 273. The molecule has 2 heteroatoms. The van der Waals surface area contributed by atoms with Crippen LogP contribution < -0.4 is 0 Å². The fourth-order valence-corrected chi connectivity index (χ4v) is 1.82. The smallest absolute Gasteiger partial charge is 0.153 e. The normalized spacial score (nSPS) is 18.6. The van der Waals surface area contributed by atoms with Crippen LogP contribution in [0.1, 0.15) is 24.5 Å². The van der Waals surface area contributed by atoms with E-state index in [0.29, 0.717) is 6.42 Å². The predicted molar refractivity (Wildman–Crippen MR) is 50.9 cm³/mol. The highest BCUT2D eigenvalue weighted by atomic mass is 19.1. The molecule has 1 heterocycles. The third-order valence-electron chi connectivity index (χ3n) is 2.60. The lowest BCUT2D eigenvalue weighted by molar-refractivity contribution is 0.0765. The first-order valence-electron chi connectivity index (χ1n) is 4.76. The summed E-state index contributed by atoms with van der Waals surface area (Å²) < 4.78 is 13.3. The summed E-state index contributed by atoms with van der Waals surface area (Å²) in [5.41, 5.74) is 2.55. The Hall–Kier alpha value is -0.890. The fourth-order valence-electron chi connectivity index (χ4n) is 1.82. The van der Waals surface area contributed by atoms with Crippen LogP contribution in [0.4, 0.5) is 4.39 Å². The monoisotopic (exact) mass is 179 g/mol. The molecule has 70 valence electrons. The van der Waals surface area contributed by atoms with E-state index in [1.165, 1.54) is 11.1 Å². The summed E-state index contributed by atoms with van der Waals surface area (Å²) in [4.78, 5) is 1.88. The maximum absolute atomic E-state index is 13.3. The molecule has 0 saturated carbocycles. The molecule has 1 unspecified atom stereocenters. The number of alkyl halides is 1. The largest absolute Gasteiger partial charge is 0.265 e. The molecule has 1 aliphatic heterocycles. The number of fused-ring (bicyclic) bond motifs is 1. The van der Waals surface area contributed by atoms with Gasteiger partial charge >= 0.3 is 0 Å². The van der Waals surface area contributed by atoms with E-state index in [-0.39, 0.29) is 0 Å². The Balaban J connectivity index is 2.14. The average Bonchev–Trinajstić information content (AvgIpc) is 2.59. The minimum atomic E-state index is -0.785. The summed E-state index contributed by atoms with van der Waals surface area (Å²) in [5.74, 6) is 0. The first-order valence-corrected chi connectivity index (χ1v) is 4.76. The highest BCUT2D eigenvalue weighted by molar-refractivity contribution is 5.30. The van der Waals surface area contributed by atoms with Crippen LogP contribution in [0.3, 0.4) is 0 Å². The maximum atomic E-state index is 13.3. The summed E-state index contributed by atoms with van der Waals surface area (Å²) in [5, 5.41) is 0. The number of nitrogens with zero attached hydrogens (tertiary/aromatic N) is 1. The molecule has 0 N–H and O–H groups in total. The Morgan fingerprint density at radius 1 is 1.31 bits per heavy atom. The number of halogens is 1. The van der Waals surface area contributed by atoms with E-state index >= 15 is 0 Å². The van der Waals surface area contributed by atoms with Crippen molar-refractivity contribution in [3.05, 3.63) is 35.4 Å². The van der Waals surface area contributed by atoms with Gasteiger partial charge in [0.25, 0.3) is 0 Å². The molecule has 0 radical (unpaired) electrons. The maximum Gasteiger partial charge on any atom is 0.153 e. The molecule has 0 saturated heterocycles. The summed E-state index contributed by atoms with van der Waals surface area (Å²) >= 11 is 0. The van der Waals surface area contributed by atoms with E-state index in [1.54, 1.807) is 0 Å². The molecule has 0 amide bonds. The highest BCUT2D eigenvalue weighted by Crippen LogP contribution is 2.25. The molecule has 0 spiro atoms. The Labute approximate surface area is 78.2 Å². The minimum Gasteiger partial charge on any atom is -0.265 e. The van der Waals surface area contributed by atoms with E-state index in [4.69, 9.17) is 0 Å². The summed E-state index contributed by atoms with van der Waals surface area (Å²) in [6, 6.07) is 8.19. The third kappa shape index (κ3) is 1.59. The summed E-state index contributed by atoms with van der Waals surface area (Å²) in [6.07, 6.45) is -0.207. The van der Waals surface area contributed by atoms with Crippen LogP contribution in [0, 0.1) is 0 Å². The Morgan fingerprint density at radius 2 is 1.85 bits per heavy atom. The molecule has 0 fully saturated rings. The van der Waals surface area contributed by atoms with Gasteiger partial charge in [0.15, 0.2) is 6.30 Å². The lowest BCUT2D eigenvalue weighted by Gasteiger charge is -2.18. The summed E-state index contributed by atoms with van der Waals surface area (Å²) in [7, 11) is 0. The SMILES string of the molecule is CCC(F)N1Cc2ccccc2C1. The van der Waals surface area contributed by atoms with Crippen LogP contribution in [-0.2, 0) is 13.1 Å². The molecule has 0 aromatic heterocycles. The van der Waals surface area contributed by atoms with Gasteiger partial charge in [-0.2, -0.15) is 0 Å². The van der Waals surface area contributed by atoms with Crippen molar-refractivity contribution >= 4 is 0 Å². The molecule has 2 rings (SSSR count). The second-order valence-corrected chi connectivity index (χ2v) is 3.52. The van der Waals surface area contributed by atoms with Crippen LogP contribution in [0.2, 0.25) is 0 Å². The van der Waals surface area contributed by atoms with Gasteiger partial charge in [-0.05, 0) is 17.5 Å². The molecule has 1 aliphatic rings. The third-order valence-corrected chi connectivity index (χ3v) is 2.60. The van der Waals surface area contributed by atoms with Gasteiger partial charge in [0, 0.05) is 13.1 Å². The second-order valence-electron chi connectivity index (χ2n) is 3.52. The van der Waals surface area contributed by atoms with Gasteiger partial charge in [-0.25, -0.2) is 4.39 Å². The van der Waals surface area contributed by atoms with Crippen molar-refractivity contribution in [1.82, 2.24) is 4.90 Å². The number of benzene rings is 1. The molecule has 1 atom stereocenters. The lowest BCUT2D eigenvalue weighted by Crippen LogP contribution is -2.25. The van der Waals surface area contributed by atoms with Crippen LogP contribution in [-0.4, -0.2) is 11.2 Å². The van der Waals surface area contributed by atoms with Crippen molar-refractivity contribution in [2.75, 3.05) is 0 Å². The van der Waals surface area contributed by atoms with E-state index < -0.39 is 6.30 Å². The van der Waals surface area contributed by atoms with Crippen LogP contribution >= 0.6 is 0 Å². The van der Waals surface area contributed by atoms with Crippen molar-refractivity contribution in [3.63, 3.8) is 0 Å². The van der Waals surface area contributed by atoms with Gasteiger partial charge in [0.1, 0.15) is 0 Å². The zero-order valence-corrected chi connectivity index (χ0v) is 7.83. The van der Waals surface area contributed by atoms with Crippen molar-refractivity contribution in [3.8, 4) is 0 Å². The van der Waals surface area contributed by atoms with Gasteiger partial charge in [0.05, 0.1) is 0 Å². The zero-order valence-electron chi connectivity index (χ0n) is 7.83. The van der Waals surface area contributed by atoms with E-state index in [1.807, 2.05) is 24.0 Å². The van der Waals surface area contributed by atoms with E-state index in [0.717, 1.165) is 13.1 Å². The molecule has 13 heavy (non-hydrogen) atoms. The van der Waals surface area contributed by atoms with Crippen molar-refractivity contribution in [1.29, 1.82) is 0 Å². The van der Waals surface area contributed by atoms with E-state index in [9.17, 15) is 4.39 Å². The van der Waals surface area contributed by atoms with Crippen LogP contribution in [0.25, 0.3) is 0 Å². The minimum absolute atomic E-state index is 0.577. The first kappa shape index (κ1) is 8.70. The summed E-state index contributed by atoms with van der Waals surface area (Å²) in [6.45, 7) is 3.42. The van der Waals surface area contributed by atoms with E-state index in [2.05, 4.69) is 12.1 Å². The van der Waals surface area contributed by atoms with Gasteiger partial charge in [0.2, 0.25) is 0 Å². The number of hydrogen-bond donors (Lipinski definition) is 0. The lowest BCUT2D eigenvalue weighted by atomic mass is 10.1. The van der Waals surface area contributed by atoms with Crippen molar-refractivity contribution < 1.29 is 4.39 Å². The average molecular weight is 179 g/mol. The van der Waals surface area contributed by atoms with Gasteiger partial charge in [-0.1, -0.05) is 31.2 Å². The van der Waals surface area contributed by atoms with Crippen molar-refractivity contribution in [2.24, 2.45) is 0 Å². The first-order chi connectivity index (χ1) is 6.31. The van der Waals surface area contributed by atoms with Gasteiger partial charge < -0.3 is 0 Å². The molecule has 0 bridgehead atoms. The molecular formula is C11H14FN. The quantitative estimate of drug-likeness (QED) is 0.631. The molecule has 1 aromatic rings. The topological polar surface area (TPSA) is 3.24 Å². The second kappa shape index (κ2) is 3.46. The van der Waals surface area contributed by atoms with Crippen LogP contribution in [0.5, 0.6) is 0 Å². The van der Waals surface area contributed by atoms with Gasteiger partial charge in [-0.15, -0.1) is 0 Å². The standard InChI is InChI=1S/C11H14FN/c1-2-11(12)13-7-9-5-3-4-6-10(9)8-13/h3-6,11H,2,7-8H2,1H3. The fraction of sp³-hybridized carbons (Fsp3) is 0.455. The molecule has 1 aromatic carbocycles. The number of rotatable bonds is 2. The number of hydrogen-bond acceptors (Lipinski definition) is 1. The molecular weight excluding hydrogens is 165 g/mol. The highest BCUT2D eigenvalue weighted by Gasteiger charge is 2.23.